The van der Waals surface area contributed by atoms with Gasteiger partial charge >= 0.3 is 17.9 Å². The maximum Gasteiger partial charge on any atom is 0.338 e. The number of aliphatic hydroxyl groups excluding tert-OH is 1. The number of aliphatic hydroxyl groups is 1. The van der Waals surface area contributed by atoms with E-state index in [0.29, 0.717) is 0 Å². The molecule has 0 unspecified atom stereocenters. The molecule has 95 heavy (non-hydrogen) atoms. The zero-order chi connectivity index (χ0) is 65.7. The van der Waals surface area contributed by atoms with Crippen LogP contribution in [0.5, 0.6) is 0 Å². The lowest BCUT2D eigenvalue weighted by Crippen LogP contribution is -2.70. The van der Waals surface area contributed by atoms with Crippen LogP contribution in [0.25, 0.3) is 0 Å². The fourth-order valence-corrected chi connectivity index (χ4v) is 11.6. The largest absolute Gasteiger partial charge is 0.459 e. The van der Waals surface area contributed by atoms with E-state index >= 15 is 0 Å². The first kappa shape index (κ1) is 67.6. The first-order valence-corrected chi connectivity index (χ1v) is 31.7. The van der Waals surface area contributed by atoms with Crippen molar-refractivity contribution in [1.82, 2.24) is 5.32 Å². The Morgan fingerprint density at radius 2 is 0.737 bits per heavy atom. The van der Waals surface area contributed by atoms with Gasteiger partial charge in [0.2, 0.25) is 5.91 Å². The number of hydrogen-bond acceptors (Lipinski definition) is 18. The molecule has 0 radical (unpaired) electrons. The Morgan fingerprint density at radius 3 is 1.19 bits per heavy atom. The van der Waals surface area contributed by atoms with Crippen LogP contribution in [0.4, 0.5) is 0 Å². The molecule has 3 aliphatic rings. The summed E-state index contributed by atoms with van der Waals surface area (Å²) in [5, 5.41) is 15.2. The van der Waals surface area contributed by atoms with Crippen molar-refractivity contribution in [2.75, 3.05) is 13.2 Å². The molecule has 11 rings (SSSR count). The highest BCUT2D eigenvalue weighted by Gasteiger charge is 2.58. The number of carbonyl (C=O) groups is 4. The minimum absolute atomic E-state index is 0.0331. The summed E-state index contributed by atoms with van der Waals surface area (Å²) in [5.41, 5.74) is 4.56. The van der Waals surface area contributed by atoms with Crippen molar-refractivity contribution in [2.45, 2.75) is 139 Å². The van der Waals surface area contributed by atoms with Crippen LogP contribution < -0.4 is 5.32 Å². The van der Waals surface area contributed by atoms with Crippen molar-refractivity contribution in [1.29, 1.82) is 0 Å². The van der Waals surface area contributed by atoms with Gasteiger partial charge in [-0.25, -0.2) is 14.4 Å². The highest BCUT2D eigenvalue weighted by atomic mass is 16.8. The number of hydrogen-bond donors (Lipinski definition) is 2. The molecule has 15 atom stereocenters. The molecule has 19 heteroatoms. The Labute approximate surface area is 551 Å². The molecule has 0 spiro atoms. The van der Waals surface area contributed by atoms with E-state index in [1.54, 1.807) is 97.9 Å². The Kier molecular flexibility index (Phi) is 24.2. The molecule has 2 N–H and O–H groups in total. The number of nitrogens with one attached hydrogen (secondary N) is 1. The summed E-state index contributed by atoms with van der Waals surface area (Å²) >= 11 is 0. The minimum atomic E-state index is -1.70. The number of esters is 3. The normalized spacial score (nSPS) is 25.7. The zero-order valence-electron chi connectivity index (χ0n) is 52.6. The lowest BCUT2D eigenvalue weighted by molar-refractivity contribution is -0.387. The van der Waals surface area contributed by atoms with Crippen LogP contribution in [0.3, 0.4) is 0 Å². The summed E-state index contributed by atoms with van der Waals surface area (Å²) in [6.07, 6.45) is -18.5. The van der Waals surface area contributed by atoms with E-state index in [-0.39, 0.29) is 56.3 Å². The summed E-state index contributed by atoms with van der Waals surface area (Å²) in [6.45, 7) is 2.52. The van der Waals surface area contributed by atoms with Gasteiger partial charge in [0.1, 0.15) is 61.5 Å². The van der Waals surface area contributed by atoms with Gasteiger partial charge in [0, 0.05) is 6.92 Å². The van der Waals surface area contributed by atoms with Crippen LogP contribution in [0.1, 0.15) is 72.7 Å². The predicted molar refractivity (Wildman–Crippen MR) is 345 cm³/mol. The van der Waals surface area contributed by atoms with Gasteiger partial charge in [0.15, 0.2) is 31.1 Å². The highest BCUT2D eigenvalue weighted by Crippen LogP contribution is 2.39. The molecule has 0 aromatic heterocycles. The SMILES string of the molecule is CC(=O)N[C@@H]1[C@H](O[C@H]2[C@H](OCc3ccccc3)[C@@H](OCc3ccccc3)[C@@H](O[C@@H]3[C@H](OCc4ccccc4)[C@@H](OCc4ccccc4)[C@H](C)O[C@H]3O)O[C@@H]2COCc2ccccc2)O[C@H](COC(=O)c2ccccc2)[C@@H](OC(=O)c2ccccc2)[C@@H]1OC(=O)c1ccccc1. The molecule has 0 aliphatic carbocycles. The first-order valence-electron chi connectivity index (χ1n) is 31.7. The van der Waals surface area contributed by atoms with E-state index in [1.165, 1.54) is 6.92 Å². The average molecular weight is 1290 g/mol. The summed E-state index contributed by atoms with van der Waals surface area (Å²) < 4.78 is 88.4. The van der Waals surface area contributed by atoms with Gasteiger partial charge in [-0.1, -0.05) is 206 Å². The van der Waals surface area contributed by atoms with Crippen molar-refractivity contribution >= 4 is 23.8 Å². The zero-order valence-corrected chi connectivity index (χ0v) is 52.6. The molecule has 0 saturated carbocycles. The maximum absolute atomic E-state index is 14.6. The second-order valence-corrected chi connectivity index (χ2v) is 23.2. The molecule has 3 heterocycles. The number of carbonyl (C=O) groups excluding carboxylic acids is 4. The van der Waals surface area contributed by atoms with Crippen LogP contribution in [0, 0.1) is 0 Å². The lowest BCUT2D eigenvalue weighted by Gasteiger charge is -2.51. The van der Waals surface area contributed by atoms with E-state index < -0.39 is 122 Å². The van der Waals surface area contributed by atoms with Gasteiger partial charge < -0.3 is 72.0 Å². The van der Waals surface area contributed by atoms with E-state index in [9.17, 15) is 24.3 Å². The van der Waals surface area contributed by atoms with Crippen molar-refractivity contribution in [2.24, 2.45) is 0 Å². The van der Waals surface area contributed by atoms with Crippen molar-refractivity contribution < 1.29 is 85.9 Å². The highest BCUT2D eigenvalue weighted by molar-refractivity contribution is 5.91. The van der Waals surface area contributed by atoms with Crippen LogP contribution in [-0.2, 0) is 99.4 Å². The van der Waals surface area contributed by atoms with Crippen LogP contribution >= 0.6 is 0 Å². The van der Waals surface area contributed by atoms with Gasteiger partial charge in [-0.2, -0.15) is 0 Å². The molecule has 8 aromatic rings. The monoisotopic (exact) mass is 1290 g/mol. The van der Waals surface area contributed by atoms with E-state index in [0.717, 1.165) is 27.8 Å². The fraction of sp³-hybridized carbons (Fsp3) is 0.316. The maximum atomic E-state index is 14.6. The van der Waals surface area contributed by atoms with Crippen LogP contribution in [-0.4, -0.2) is 134 Å². The third-order valence-electron chi connectivity index (χ3n) is 16.4. The number of ether oxygens (including phenoxy) is 13. The van der Waals surface area contributed by atoms with Crippen LogP contribution in [0.15, 0.2) is 243 Å². The number of benzene rings is 8. The van der Waals surface area contributed by atoms with Gasteiger partial charge in [0.25, 0.3) is 0 Å². The van der Waals surface area contributed by atoms with Crippen molar-refractivity contribution in [3.63, 3.8) is 0 Å². The van der Waals surface area contributed by atoms with Crippen molar-refractivity contribution in [3.8, 4) is 0 Å². The molecule has 8 aromatic carbocycles. The first-order chi connectivity index (χ1) is 46.5. The summed E-state index contributed by atoms with van der Waals surface area (Å²) in [7, 11) is 0. The Balaban J connectivity index is 1.02. The minimum Gasteiger partial charge on any atom is -0.459 e. The summed E-state index contributed by atoms with van der Waals surface area (Å²) in [6, 6.07) is 70.6. The Bertz CT molecular complexity index is 3620. The Hall–Kier alpha value is -8.80. The molecular weight excluding hydrogens is 1210 g/mol. The van der Waals surface area contributed by atoms with E-state index in [4.69, 9.17) is 61.6 Å². The Morgan fingerprint density at radius 1 is 0.379 bits per heavy atom. The second-order valence-electron chi connectivity index (χ2n) is 23.2. The fourth-order valence-electron chi connectivity index (χ4n) is 11.6. The van der Waals surface area contributed by atoms with Gasteiger partial charge in [-0.3, -0.25) is 4.79 Å². The topological polar surface area (TPSA) is 221 Å². The second kappa shape index (κ2) is 34.0. The van der Waals surface area contributed by atoms with E-state index in [1.807, 2.05) is 152 Å². The smallest absolute Gasteiger partial charge is 0.338 e. The quantitative estimate of drug-likeness (QED) is 0.0344. The van der Waals surface area contributed by atoms with E-state index in [2.05, 4.69) is 5.32 Å². The third-order valence-corrected chi connectivity index (χ3v) is 16.4. The number of amides is 1. The van der Waals surface area contributed by atoms with Crippen LogP contribution in [0.2, 0.25) is 0 Å². The standard InChI is InChI=1S/C76H77NO18/c1-50-63(84-44-53-29-13-4-14-30-53)67(85-45-54-31-15-5-16-32-54)69(74(82)89-50)95-76-70(87-47-56-35-19-7-20-36-56)68(86-46-55-33-17-6-18-34-55)65(60(91-76)48-83-43-52-27-11-3-12-28-52)94-75-62(77-51(2)78)66(93-73(81)59-41-25-10-26-42-59)64(92-72(80)58-39-23-9-24-40-58)61(90-75)49-88-71(79)57-37-21-8-22-38-57/h3-42,50,60-70,74-76,82H,43-49H2,1-2H3,(H,77,78)/t50-,60+,61+,62-,63-,64+,65+,66+,67+,68-,69+,70+,74+,75-,76+/m0/s1. The van der Waals surface area contributed by atoms with Gasteiger partial charge in [-0.05, 0) is 71.1 Å². The predicted octanol–water partition coefficient (Wildman–Crippen LogP) is 10.3. The van der Waals surface area contributed by atoms with Crippen molar-refractivity contribution in [3.05, 3.63) is 287 Å². The van der Waals surface area contributed by atoms with Gasteiger partial charge in [-0.15, -0.1) is 0 Å². The lowest BCUT2D eigenvalue weighted by atomic mass is 9.94. The molecule has 3 aliphatic heterocycles. The molecule has 19 nitrogen and oxygen atoms in total. The van der Waals surface area contributed by atoms with Gasteiger partial charge in [0.05, 0.1) is 62.4 Å². The average Bonchev–Trinajstić information content (AvgIpc) is 0.776. The molecule has 494 valence electrons. The third kappa shape index (κ3) is 18.6. The summed E-state index contributed by atoms with van der Waals surface area (Å²) in [5.74, 6) is -3.08. The molecule has 0 bridgehead atoms. The molecule has 1 amide bonds. The number of rotatable bonds is 28. The molecule has 3 fully saturated rings. The molecular formula is C76H77NO18. The molecule has 3 saturated heterocycles. The summed E-state index contributed by atoms with van der Waals surface area (Å²) in [4.78, 5) is 56.8.